The van der Waals surface area contributed by atoms with E-state index in [0.717, 1.165) is 12.8 Å². The minimum atomic E-state index is -1.52. The van der Waals surface area contributed by atoms with Crippen molar-refractivity contribution in [3.8, 4) is 6.07 Å². The van der Waals surface area contributed by atoms with Gasteiger partial charge in [0.25, 0.3) is 14.1 Å². The van der Waals surface area contributed by atoms with Crippen molar-refractivity contribution in [2.24, 2.45) is 5.41 Å². The van der Waals surface area contributed by atoms with Crippen LogP contribution < -0.4 is 11.2 Å². The van der Waals surface area contributed by atoms with Crippen LogP contribution >= 0.6 is 8.53 Å². The predicted molar refractivity (Wildman–Crippen MR) is 126 cm³/mol. The Morgan fingerprint density at radius 3 is 2.59 bits per heavy atom. The maximum atomic E-state index is 12.7. The molecule has 11 heteroatoms. The molecule has 0 aromatic carbocycles. The molecule has 1 N–H and O–H groups in total. The van der Waals surface area contributed by atoms with Crippen molar-refractivity contribution in [1.82, 2.24) is 14.2 Å². The van der Waals surface area contributed by atoms with Crippen LogP contribution in [0, 0.1) is 23.7 Å². The number of hydrogen-bond acceptors (Lipinski definition) is 8. The Labute approximate surface area is 201 Å². The van der Waals surface area contributed by atoms with Crippen LogP contribution in [-0.2, 0) is 18.5 Å². The Morgan fingerprint density at radius 2 is 2.00 bits per heavy atom. The van der Waals surface area contributed by atoms with E-state index in [9.17, 15) is 9.59 Å². The van der Waals surface area contributed by atoms with E-state index >= 15 is 0 Å². The van der Waals surface area contributed by atoms with Gasteiger partial charge < -0.3 is 18.5 Å². The van der Waals surface area contributed by atoms with Crippen LogP contribution in [0.1, 0.15) is 65.7 Å². The molecule has 1 aliphatic carbocycles. The molecule has 1 aromatic rings. The van der Waals surface area contributed by atoms with Crippen LogP contribution in [-0.4, -0.2) is 57.3 Å². The van der Waals surface area contributed by atoms with E-state index in [-0.39, 0.29) is 30.5 Å². The molecule has 5 atom stereocenters. The molecule has 10 nitrogen and oxygen atoms in total. The van der Waals surface area contributed by atoms with Crippen LogP contribution in [0.2, 0.25) is 0 Å². The summed E-state index contributed by atoms with van der Waals surface area (Å²) in [6.07, 6.45) is 2.02. The number of rotatable bonds is 10. The number of fused-ring (bicyclic) bond motifs is 2. The number of aromatic amines is 1. The molecule has 2 bridgehead atoms. The summed E-state index contributed by atoms with van der Waals surface area (Å²) in [5, 5.41) is 9.02. The standard InChI is InChI=1S/C23H35N4O6P/c1-14(2)27(15(3)4)34(31-11-7-10-24)33-18-17-20(26-12-16(5)19(28)25-21(26)29)32-23(18,13-30-17)22(6)8-9-22/h12,14-15,17-18,20H,7-9,11,13H2,1-6H3,(H,25,28,29)/t17-,18?,20+,23-,34?/m0/s1. The number of nitriles is 1. The van der Waals surface area contributed by atoms with E-state index in [2.05, 4.69) is 50.3 Å². The molecule has 0 spiro atoms. The minimum absolute atomic E-state index is 0.143. The number of aromatic nitrogens is 2. The monoisotopic (exact) mass is 494 g/mol. The van der Waals surface area contributed by atoms with Crippen LogP contribution in [0.15, 0.2) is 15.8 Å². The first-order valence-electron chi connectivity index (χ1n) is 11.9. The fraction of sp³-hybridized carbons (Fsp3) is 0.783. The number of hydrogen-bond donors (Lipinski definition) is 1. The average Bonchev–Trinajstić information content (AvgIpc) is 3.33. The Kier molecular flexibility index (Phi) is 7.09. The van der Waals surface area contributed by atoms with E-state index in [4.69, 9.17) is 23.8 Å². The van der Waals surface area contributed by atoms with Gasteiger partial charge in [0.2, 0.25) is 0 Å². The lowest BCUT2D eigenvalue weighted by Gasteiger charge is -2.40. The molecule has 0 amide bonds. The highest BCUT2D eigenvalue weighted by Crippen LogP contribution is 2.66. The topological polar surface area (TPSA) is 119 Å². The molecule has 3 fully saturated rings. The van der Waals surface area contributed by atoms with E-state index in [1.54, 1.807) is 6.92 Å². The van der Waals surface area contributed by atoms with Crippen LogP contribution in [0.3, 0.4) is 0 Å². The summed E-state index contributed by atoms with van der Waals surface area (Å²) < 4.78 is 29.4. The predicted octanol–water partition coefficient (Wildman–Crippen LogP) is 2.97. The highest BCUT2D eigenvalue weighted by atomic mass is 31.2. The number of nitrogens with one attached hydrogen (secondary N) is 1. The summed E-state index contributed by atoms with van der Waals surface area (Å²) in [4.78, 5) is 27.0. The molecular formula is C23H35N4O6P. The zero-order chi connectivity index (χ0) is 24.8. The summed E-state index contributed by atoms with van der Waals surface area (Å²) >= 11 is 0. The minimum Gasteiger partial charge on any atom is -0.367 e. The highest BCUT2D eigenvalue weighted by molar-refractivity contribution is 7.44. The molecule has 1 aromatic heterocycles. The number of nitrogens with zero attached hydrogens (tertiary/aromatic N) is 3. The molecular weight excluding hydrogens is 459 g/mol. The summed E-state index contributed by atoms with van der Waals surface area (Å²) in [6.45, 7) is 12.8. The van der Waals surface area contributed by atoms with E-state index in [0.29, 0.717) is 12.2 Å². The van der Waals surface area contributed by atoms with Gasteiger partial charge in [-0.25, -0.2) is 9.46 Å². The highest BCUT2D eigenvalue weighted by Gasteiger charge is 2.73. The number of H-pyrrole nitrogens is 1. The molecule has 34 heavy (non-hydrogen) atoms. The fourth-order valence-electron chi connectivity index (χ4n) is 5.07. The van der Waals surface area contributed by atoms with Gasteiger partial charge >= 0.3 is 5.69 Å². The van der Waals surface area contributed by atoms with Crippen molar-refractivity contribution < 1.29 is 18.5 Å². The third-order valence-corrected chi connectivity index (χ3v) is 9.28. The van der Waals surface area contributed by atoms with E-state index < -0.39 is 43.8 Å². The molecule has 0 radical (unpaired) electrons. The van der Waals surface area contributed by atoms with Crippen molar-refractivity contribution in [2.75, 3.05) is 13.2 Å². The van der Waals surface area contributed by atoms with Gasteiger partial charge in [-0.05, 0) is 47.5 Å². The molecule has 2 unspecified atom stereocenters. The van der Waals surface area contributed by atoms with Gasteiger partial charge in [-0.15, -0.1) is 0 Å². The SMILES string of the molecule is Cc1cn([C@@H]2O[C@@]3(C4(C)CC4)CO[C@H]2C3OP(OCCC#N)N(C(C)C)C(C)C)c(=O)[nH]c1=O. The summed E-state index contributed by atoms with van der Waals surface area (Å²) in [5.74, 6) is 0. The summed E-state index contributed by atoms with van der Waals surface area (Å²) in [6, 6.07) is 2.43. The van der Waals surface area contributed by atoms with Gasteiger partial charge in [-0.1, -0.05) is 6.92 Å². The van der Waals surface area contributed by atoms with Gasteiger partial charge in [-0.2, -0.15) is 5.26 Å². The molecule has 2 saturated heterocycles. The van der Waals surface area contributed by atoms with Gasteiger partial charge in [0.05, 0.1) is 25.7 Å². The van der Waals surface area contributed by atoms with Gasteiger partial charge in [-0.3, -0.25) is 14.3 Å². The van der Waals surface area contributed by atoms with Gasteiger partial charge in [0.1, 0.15) is 17.8 Å². The molecule has 3 heterocycles. The maximum Gasteiger partial charge on any atom is 0.330 e. The second-order valence-electron chi connectivity index (χ2n) is 10.3. The number of ether oxygens (including phenoxy) is 2. The Balaban J connectivity index is 1.70. The smallest absolute Gasteiger partial charge is 0.330 e. The van der Waals surface area contributed by atoms with Crippen molar-refractivity contribution in [2.45, 2.75) is 96.9 Å². The molecule has 1 saturated carbocycles. The number of aryl methyl sites for hydroxylation is 1. The Bertz CT molecular complexity index is 1050. The lowest BCUT2D eigenvalue weighted by atomic mass is 9.83. The quantitative estimate of drug-likeness (QED) is 0.390. The van der Waals surface area contributed by atoms with E-state index in [1.807, 2.05) is 0 Å². The zero-order valence-electron chi connectivity index (χ0n) is 20.7. The lowest BCUT2D eigenvalue weighted by molar-refractivity contribution is -0.198. The Hall–Kier alpha value is -1.60. The molecule has 3 aliphatic rings. The molecule has 4 rings (SSSR count). The molecule has 188 valence electrons. The van der Waals surface area contributed by atoms with Gasteiger partial charge in [0.15, 0.2) is 6.23 Å². The van der Waals surface area contributed by atoms with E-state index in [1.165, 1.54) is 10.8 Å². The molecule has 2 aliphatic heterocycles. The first-order valence-corrected chi connectivity index (χ1v) is 13.0. The van der Waals surface area contributed by atoms with Crippen LogP contribution in [0.4, 0.5) is 0 Å². The van der Waals surface area contributed by atoms with Gasteiger partial charge in [0, 0.05) is 29.3 Å². The summed E-state index contributed by atoms with van der Waals surface area (Å²) in [7, 11) is -1.52. The normalized spacial score (nSPS) is 30.3. The second-order valence-corrected chi connectivity index (χ2v) is 11.7. The van der Waals surface area contributed by atoms with Crippen molar-refractivity contribution in [3.63, 3.8) is 0 Å². The first-order chi connectivity index (χ1) is 16.0. The largest absolute Gasteiger partial charge is 0.367 e. The first kappa shape index (κ1) is 25.5. The Morgan fingerprint density at radius 1 is 1.32 bits per heavy atom. The maximum absolute atomic E-state index is 12.7. The summed E-state index contributed by atoms with van der Waals surface area (Å²) in [5.41, 5.74) is -1.41. The van der Waals surface area contributed by atoms with Crippen LogP contribution in [0.5, 0.6) is 0 Å². The van der Waals surface area contributed by atoms with Crippen molar-refractivity contribution in [3.05, 3.63) is 32.6 Å². The zero-order valence-corrected chi connectivity index (χ0v) is 21.6. The second kappa shape index (κ2) is 9.45. The fourth-order valence-corrected chi connectivity index (χ4v) is 6.86. The average molecular weight is 495 g/mol. The van der Waals surface area contributed by atoms with Crippen molar-refractivity contribution >= 4 is 8.53 Å². The third kappa shape index (κ3) is 4.27. The third-order valence-electron chi connectivity index (χ3n) is 7.17. The van der Waals surface area contributed by atoms with Crippen LogP contribution in [0.25, 0.3) is 0 Å². The lowest BCUT2D eigenvalue weighted by Crippen LogP contribution is -2.49. The van der Waals surface area contributed by atoms with Crippen molar-refractivity contribution in [1.29, 1.82) is 5.26 Å².